The second-order valence-electron chi connectivity index (χ2n) is 6.85. The number of rotatable bonds is 13. The van der Waals surface area contributed by atoms with E-state index in [1.54, 1.807) is 0 Å². The van der Waals surface area contributed by atoms with Gasteiger partial charge in [-0.15, -0.1) is 0 Å². The normalized spacial score (nSPS) is 11.7. The lowest BCUT2D eigenvalue weighted by Gasteiger charge is -2.09. The highest BCUT2D eigenvalue weighted by Crippen LogP contribution is 2.21. The van der Waals surface area contributed by atoms with Gasteiger partial charge in [-0.3, -0.25) is 9.59 Å². The van der Waals surface area contributed by atoms with Crippen molar-refractivity contribution in [2.75, 3.05) is 35.2 Å². The average Bonchev–Trinajstić information content (AvgIpc) is 2.75. The summed E-state index contributed by atoms with van der Waals surface area (Å²) in [6.07, 6.45) is 0. The van der Waals surface area contributed by atoms with Crippen LogP contribution < -0.4 is 20.1 Å². The zero-order chi connectivity index (χ0) is 25.2. The van der Waals surface area contributed by atoms with E-state index >= 15 is 0 Å². The molecular weight excluding hydrogens is 521 g/mol. The highest BCUT2D eigenvalue weighted by Gasteiger charge is 2.14. The minimum absolute atomic E-state index is 0.0961. The number of hydrogen-bond donors (Lipinski definition) is 4. The molecule has 14 heteroatoms. The molecule has 0 spiro atoms. The summed E-state index contributed by atoms with van der Waals surface area (Å²) in [4.78, 5) is 22.2. The molecule has 0 saturated heterocycles. The van der Waals surface area contributed by atoms with Gasteiger partial charge in [-0.25, -0.2) is 26.3 Å². The molecule has 2 aromatic carbocycles. The molecule has 2 amide bonds. The molecule has 0 radical (unpaired) electrons. The van der Waals surface area contributed by atoms with Crippen molar-refractivity contribution in [3.05, 3.63) is 48.5 Å². The minimum atomic E-state index is -3.66. The van der Waals surface area contributed by atoms with E-state index in [4.69, 9.17) is 0 Å². The molecule has 4 N–H and O–H groups in total. The van der Waals surface area contributed by atoms with E-state index < -0.39 is 20.0 Å². The van der Waals surface area contributed by atoms with Crippen molar-refractivity contribution >= 4 is 64.8 Å². The van der Waals surface area contributed by atoms with Crippen molar-refractivity contribution in [2.45, 2.75) is 23.6 Å². The van der Waals surface area contributed by atoms with Gasteiger partial charge in [-0.05, 0) is 48.5 Å². The van der Waals surface area contributed by atoms with Gasteiger partial charge in [0, 0.05) is 49.8 Å². The molecule has 0 aliphatic carbocycles. The fraction of sp³-hybridized carbons (Fsp3) is 0.300. The van der Waals surface area contributed by atoms with Crippen molar-refractivity contribution in [2.24, 2.45) is 0 Å². The lowest BCUT2D eigenvalue weighted by molar-refractivity contribution is -0.115. The second-order valence-corrected chi connectivity index (χ2v) is 13.1. The average molecular weight is 547 g/mol. The fourth-order valence-corrected chi connectivity index (χ4v) is 6.70. The van der Waals surface area contributed by atoms with Crippen LogP contribution in [0.5, 0.6) is 0 Å². The maximum atomic E-state index is 12.3. The van der Waals surface area contributed by atoms with Crippen molar-refractivity contribution in [1.29, 1.82) is 0 Å². The summed E-state index contributed by atoms with van der Waals surface area (Å²) in [5, 5.41) is 5.14. The third kappa shape index (κ3) is 9.64. The first-order chi connectivity index (χ1) is 16.0. The molecule has 2 aromatic rings. The van der Waals surface area contributed by atoms with Crippen LogP contribution in [0.2, 0.25) is 0 Å². The summed E-state index contributed by atoms with van der Waals surface area (Å²) in [7, 11) is -4.49. The largest absolute Gasteiger partial charge is 0.326 e. The van der Waals surface area contributed by atoms with Crippen LogP contribution in [-0.2, 0) is 29.6 Å². The van der Waals surface area contributed by atoms with Crippen LogP contribution in [0.15, 0.2) is 58.3 Å². The molecule has 0 saturated carbocycles. The quantitative estimate of drug-likeness (QED) is 0.221. The van der Waals surface area contributed by atoms with E-state index in [1.807, 2.05) is 0 Å². The Labute approximate surface area is 207 Å². The number of carbonyl (C=O) groups is 2. The first-order valence-corrected chi connectivity index (χ1v) is 15.4. The van der Waals surface area contributed by atoms with Crippen LogP contribution in [0.1, 0.15) is 13.8 Å². The summed E-state index contributed by atoms with van der Waals surface area (Å²) in [5.41, 5.74) is 1.02. The molecule has 0 bridgehead atoms. The highest BCUT2D eigenvalue weighted by atomic mass is 33.1. The molecule has 0 heterocycles. The van der Waals surface area contributed by atoms with Crippen molar-refractivity contribution in [3.63, 3.8) is 0 Å². The molecule has 2 rings (SSSR count). The summed E-state index contributed by atoms with van der Waals surface area (Å²) in [5.74, 6) is 0.498. The van der Waals surface area contributed by atoms with Gasteiger partial charge in [0.2, 0.25) is 31.9 Å². The standard InChI is InChI=1S/C20H26N4O6S4/c1-15(25)23-17-3-7-19(8-4-17)33(27,28)21-11-13-31-32-14-12-22-34(29,30)20-9-5-18(6-10-20)24-16(2)26/h3-10,21-22H,11-14H2,1-2H3,(H,23,25)(H,24,26). The third-order valence-corrected chi connectivity index (χ3v) is 9.37. The number of hydrogen-bond acceptors (Lipinski definition) is 8. The zero-order valence-corrected chi connectivity index (χ0v) is 21.8. The zero-order valence-electron chi connectivity index (χ0n) is 18.5. The van der Waals surface area contributed by atoms with E-state index in [2.05, 4.69) is 20.1 Å². The van der Waals surface area contributed by atoms with Crippen LogP contribution in [-0.4, -0.2) is 53.2 Å². The second kappa shape index (κ2) is 13.1. The molecule has 0 atom stereocenters. The Bertz CT molecular complexity index is 1090. The van der Waals surface area contributed by atoms with Gasteiger partial charge in [-0.2, -0.15) is 0 Å². The highest BCUT2D eigenvalue weighted by molar-refractivity contribution is 8.76. The molecule has 0 fully saturated rings. The van der Waals surface area contributed by atoms with Crippen LogP contribution in [0.25, 0.3) is 0 Å². The van der Waals surface area contributed by atoms with Gasteiger partial charge >= 0.3 is 0 Å². The molecule has 0 aliphatic rings. The van der Waals surface area contributed by atoms with Gasteiger partial charge in [0.1, 0.15) is 0 Å². The Balaban J connectivity index is 1.66. The Hall–Kier alpha value is -2.10. The summed E-state index contributed by atoms with van der Waals surface area (Å²) >= 11 is 0. The lowest BCUT2D eigenvalue weighted by Crippen LogP contribution is -2.26. The van der Waals surface area contributed by atoms with Crippen LogP contribution >= 0.6 is 21.6 Å². The van der Waals surface area contributed by atoms with Gasteiger partial charge in [-0.1, -0.05) is 21.6 Å². The molecule has 0 aromatic heterocycles. The van der Waals surface area contributed by atoms with Gasteiger partial charge < -0.3 is 10.6 Å². The molecule has 0 unspecified atom stereocenters. The number of amides is 2. The first kappa shape index (κ1) is 28.1. The van der Waals surface area contributed by atoms with Crippen LogP contribution in [0, 0.1) is 0 Å². The summed E-state index contributed by atoms with van der Waals surface area (Å²) in [6.45, 7) is 3.15. The Morgan fingerprint density at radius 1 is 0.647 bits per heavy atom. The van der Waals surface area contributed by atoms with E-state index in [1.165, 1.54) is 84.0 Å². The Morgan fingerprint density at radius 2 is 0.971 bits per heavy atom. The Morgan fingerprint density at radius 3 is 1.26 bits per heavy atom. The predicted molar refractivity (Wildman–Crippen MR) is 137 cm³/mol. The molecule has 10 nitrogen and oxygen atoms in total. The number of anilines is 2. The maximum absolute atomic E-state index is 12.3. The summed E-state index contributed by atoms with van der Waals surface area (Å²) in [6, 6.07) is 11.7. The monoisotopic (exact) mass is 546 g/mol. The van der Waals surface area contributed by atoms with Crippen molar-refractivity contribution < 1.29 is 26.4 Å². The van der Waals surface area contributed by atoms with E-state index in [9.17, 15) is 26.4 Å². The SMILES string of the molecule is CC(=O)Nc1ccc(S(=O)(=O)NCCSSCCNS(=O)(=O)c2ccc(NC(C)=O)cc2)cc1. The van der Waals surface area contributed by atoms with Crippen LogP contribution in [0.3, 0.4) is 0 Å². The minimum Gasteiger partial charge on any atom is -0.326 e. The van der Waals surface area contributed by atoms with Gasteiger partial charge in [0.15, 0.2) is 0 Å². The number of benzene rings is 2. The van der Waals surface area contributed by atoms with Gasteiger partial charge in [0.05, 0.1) is 9.79 Å². The molecular formula is C20H26N4O6S4. The van der Waals surface area contributed by atoms with Gasteiger partial charge in [0.25, 0.3) is 0 Å². The van der Waals surface area contributed by atoms with E-state index in [0.717, 1.165) is 0 Å². The van der Waals surface area contributed by atoms with E-state index in [-0.39, 0.29) is 34.7 Å². The fourth-order valence-electron chi connectivity index (χ4n) is 2.56. The smallest absolute Gasteiger partial charge is 0.240 e. The number of carbonyl (C=O) groups excluding carboxylic acids is 2. The summed E-state index contributed by atoms with van der Waals surface area (Å²) < 4.78 is 54.2. The van der Waals surface area contributed by atoms with Crippen LogP contribution in [0.4, 0.5) is 11.4 Å². The van der Waals surface area contributed by atoms with E-state index in [0.29, 0.717) is 22.9 Å². The molecule has 34 heavy (non-hydrogen) atoms. The first-order valence-electron chi connectivity index (χ1n) is 9.99. The van der Waals surface area contributed by atoms with Crippen molar-refractivity contribution in [1.82, 2.24) is 9.44 Å². The Kier molecular flexibility index (Phi) is 10.9. The maximum Gasteiger partial charge on any atom is 0.240 e. The van der Waals surface area contributed by atoms with Crippen molar-refractivity contribution in [3.8, 4) is 0 Å². The predicted octanol–water partition coefficient (Wildman–Crippen LogP) is 2.24. The number of nitrogens with one attached hydrogen (secondary N) is 4. The molecule has 0 aliphatic heterocycles. The lowest BCUT2D eigenvalue weighted by atomic mass is 10.3. The number of sulfonamides is 2. The topological polar surface area (TPSA) is 151 Å². The molecule has 186 valence electrons. The third-order valence-electron chi connectivity index (χ3n) is 4.01.